The van der Waals surface area contributed by atoms with Gasteiger partial charge in [-0.3, -0.25) is 9.69 Å². The van der Waals surface area contributed by atoms with Crippen molar-refractivity contribution in [2.24, 2.45) is 0 Å². The van der Waals surface area contributed by atoms with Crippen LogP contribution < -0.4 is 0 Å². The number of hydrogen-bond acceptors (Lipinski definition) is 6. The Bertz CT molecular complexity index is 829. The van der Waals surface area contributed by atoms with Gasteiger partial charge in [-0.1, -0.05) is 18.1 Å². The summed E-state index contributed by atoms with van der Waals surface area (Å²) in [5.74, 6) is 1.03. The summed E-state index contributed by atoms with van der Waals surface area (Å²) >= 11 is 0. The summed E-state index contributed by atoms with van der Waals surface area (Å²) in [6, 6.07) is 5.93. The molecule has 0 aromatic carbocycles. The van der Waals surface area contributed by atoms with Gasteiger partial charge in [0.15, 0.2) is 0 Å². The summed E-state index contributed by atoms with van der Waals surface area (Å²) in [6.45, 7) is 8.28. The highest BCUT2D eigenvalue weighted by Crippen LogP contribution is 2.29. The molecule has 0 aliphatic carbocycles. The van der Waals surface area contributed by atoms with E-state index in [1.54, 1.807) is 0 Å². The van der Waals surface area contributed by atoms with E-state index in [-0.39, 0.29) is 12.0 Å². The molecular weight excluding hydrogens is 356 g/mol. The third-order valence-corrected chi connectivity index (χ3v) is 5.59. The summed E-state index contributed by atoms with van der Waals surface area (Å²) in [6.07, 6.45) is 2.94. The van der Waals surface area contributed by atoms with E-state index in [0.29, 0.717) is 26.2 Å². The summed E-state index contributed by atoms with van der Waals surface area (Å²) in [4.78, 5) is 21.7. The largest absolute Gasteiger partial charge is 0.368 e. The first kappa shape index (κ1) is 19.1. The monoisotopic (exact) mass is 384 g/mol. The molecule has 0 spiro atoms. The number of aromatic nitrogens is 2. The first-order chi connectivity index (χ1) is 13.7. The van der Waals surface area contributed by atoms with Crippen LogP contribution in [0.25, 0.3) is 11.3 Å². The number of aryl methyl sites for hydroxylation is 2. The molecule has 2 fully saturated rings. The Kier molecular flexibility index (Phi) is 5.73. The molecule has 7 nitrogen and oxygen atoms in total. The van der Waals surface area contributed by atoms with Crippen LogP contribution in [-0.4, -0.2) is 65.2 Å². The average Bonchev–Trinajstić information content (AvgIpc) is 3.37. The molecule has 0 N–H and O–H groups in total. The van der Waals surface area contributed by atoms with Gasteiger partial charge in [0.2, 0.25) is 5.91 Å². The normalized spacial score (nSPS) is 20.6. The van der Waals surface area contributed by atoms with Gasteiger partial charge in [0, 0.05) is 13.0 Å². The van der Waals surface area contributed by atoms with Crippen molar-refractivity contribution in [3.05, 3.63) is 35.3 Å². The molecule has 0 radical (unpaired) electrons. The maximum atomic E-state index is 12.7. The highest BCUT2D eigenvalue weighted by Gasteiger charge is 2.28. The van der Waals surface area contributed by atoms with E-state index in [4.69, 9.17) is 14.2 Å². The molecule has 1 amide bonds. The Morgan fingerprint density at radius 2 is 2.07 bits per heavy atom. The zero-order chi connectivity index (χ0) is 19.5. The quantitative estimate of drug-likeness (QED) is 0.789. The first-order valence-electron chi connectivity index (χ1n) is 10.2. The van der Waals surface area contributed by atoms with Crippen LogP contribution in [0.3, 0.4) is 0 Å². The molecule has 28 heavy (non-hydrogen) atoms. The van der Waals surface area contributed by atoms with Gasteiger partial charge in [-0.25, -0.2) is 4.98 Å². The van der Waals surface area contributed by atoms with Crippen molar-refractivity contribution >= 4 is 5.91 Å². The Morgan fingerprint density at radius 3 is 2.86 bits per heavy atom. The highest BCUT2D eigenvalue weighted by atomic mass is 16.5. The molecule has 2 aliphatic rings. The van der Waals surface area contributed by atoms with Crippen LogP contribution in [0.4, 0.5) is 0 Å². The van der Waals surface area contributed by atoms with E-state index >= 15 is 0 Å². The predicted octanol–water partition coefficient (Wildman–Crippen LogP) is 2.60. The minimum atomic E-state index is -0.207. The van der Waals surface area contributed by atoms with Gasteiger partial charge < -0.3 is 14.2 Å². The van der Waals surface area contributed by atoms with Crippen molar-refractivity contribution in [3.8, 4) is 11.3 Å². The van der Waals surface area contributed by atoms with Crippen LogP contribution in [-0.2, 0) is 16.0 Å². The number of likely N-dealkylation sites (tertiary alicyclic amines) is 1. The van der Waals surface area contributed by atoms with Crippen LogP contribution in [0.1, 0.15) is 43.0 Å². The van der Waals surface area contributed by atoms with Gasteiger partial charge in [0.25, 0.3) is 0 Å². The standard InChI is InChI=1S/C21H28N4O3/c1-3-18-21(15(2)23-28-18)17-8-6-7-16(22-17)19-13-25(11-12-27-19)20(26)14-24-9-4-5-10-24/h6-8,19H,3-5,9-14H2,1-2H3/t19-/m0/s1. The second kappa shape index (κ2) is 8.41. The fourth-order valence-corrected chi connectivity index (χ4v) is 4.04. The molecule has 2 aliphatic heterocycles. The van der Waals surface area contributed by atoms with Crippen molar-refractivity contribution in [2.75, 3.05) is 39.3 Å². The number of amides is 1. The molecule has 0 saturated carbocycles. The van der Waals surface area contributed by atoms with Gasteiger partial charge in [0.1, 0.15) is 11.9 Å². The van der Waals surface area contributed by atoms with Crippen molar-refractivity contribution in [1.82, 2.24) is 19.9 Å². The fourth-order valence-electron chi connectivity index (χ4n) is 4.04. The number of carbonyl (C=O) groups excluding carboxylic acids is 1. The number of hydrogen-bond donors (Lipinski definition) is 0. The maximum absolute atomic E-state index is 12.7. The van der Waals surface area contributed by atoms with E-state index in [1.165, 1.54) is 12.8 Å². The average molecular weight is 384 g/mol. The molecule has 150 valence electrons. The fraction of sp³-hybridized carbons (Fsp3) is 0.571. The minimum Gasteiger partial charge on any atom is -0.368 e. The van der Waals surface area contributed by atoms with Crippen LogP contribution in [0.2, 0.25) is 0 Å². The van der Waals surface area contributed by atoms with Gasteiger partial charge in [-0.05, 0) is 45.0 Å². The molecule has 2 aromatic heterocycles. The Labute approximate surface area is 165 Å². The molecule has 0 unspecified atom stereocenters. The molecule has 1 atom stereocenters. The maximum Gasteiger partial charge on any atom is 0.236 e. The number of carbonyl (C=O) groups is 1. The second-order valence-corrected chi connectivity index (χ2v) is 7.55. The summed E-state index contributed by atoms with van der Waals surface area (Å²) in [5, 5.41) is 4.09. The Balaban J connectivity index is 1.49. The first-order valence-corrected chi connectivity index (χ1v) is 10.2. The van der Waals surface area contributed by atoms with Crippen LogP contribution >= 0.6 is 0 Å². The van der Waals surface area contributed by atoms with Crippen LogP contribution in [0.5, 0.6) is 0 Å². The van der Waals surface area contributed by atoms with Crippen molar-refractivity contribution in [3.63, 3.8) is 0 Å². The lowest BCUT2D eigenvalue weighted by Crippen LogP contribution is -2.46. The number of pyridine rings is 1. The second-order valence-electron chi connectivity index (χ2n) is 7.55. The van der Waals surface area contributed by atoms with Gasteiger partial charge in [0.05, 0.1) is 42.3 Å². The lowest BCUT2D eigenvalue weighted by Gasteiger charge is -2.33. The number of morpholine rings is 1. The molecule has 4 heterocycles. The number of nitrogens with zero attached hydrogens (tertiary/aromatic N) is 4. The summed E-state index contributed by atoms with van der Waals surface area (Å²) in [5.41, 5.74) is 3.49. The summed E-state index contributed by atoms with van der Waals surface area (Å²) in [7, 11) is 0. The zero-order valence-corrected chi connectivity index (χ0v) is 16.7. The zero-order valence-electron chi connectivity index (χ0n) is 16.7. The molecule has 7 heteroatoms. The van der Waals surface area contributed by atoms with Crippen molar-refractivity contribution < 1.29 is 14.1 Å². The lowest BCUT2D eigenvalue weighted by molar-refractivity contribution is -0.140. The molecule has 2 saturated heterocycles. The lowest BCUT2D eigenvalue weighted by atomic mass is 10.1. The predicted molar refractivity (Wildman–Crippen MR) is 105 cm³/mol. The van der Waals surface area contributed by atoms with E-state index in [9.17, 15) is 4.79 Å². The third-order valence-electron chi connectivity index (χ3n) is 5.59. The van der Waals surface area contributed by atoms with E-state index < -0.39 is 0 Å². The Hall–Kier alpha value is -2.25. The smallest absolute Gasteiger partial charge is 0.236 e. The van der Waals surface area contributed by atoms with Gasteiger partial charge in [-0.15, -0.1) is 0 Å². The highest BCUT2D eigenvalue weighted by molar-refractivity contribution is 5.78. The molecule has 0 bridgehead atoms. The van der Waals surface area contributed by atoms with Crippen molar-refractivity contribution in [2.45, 2.75) is 39.2 Å². The molecule has 2 aromatic rings. The van der Waals surface area contributed by atoms with Gasteiger partial charge in [-0.2, -0.15) is 0 Å². The van der Waals surface area contributed by atoms with E-state index in [1.807, 2.05) is 36.9 Å². The van der Waals surface area contributed by atoms with Crippen LogP contribution in [0.15, 0.2) is 22.7 Å². The number of ether oxygens (including phenoxy) is 1. The number of rotatable bonds is 5. The Morgan fingerprint density at radius 1 is 1.25 bits per heavy atom. The van der Waals surface area contributed by atoms with E-state index in [0.717, 1.165) is 47.9 Å². The van der Waals surface area contributed by atoms with Crippen molar-refractivity contribution in [1.29, 1.82) is 0 Å². The third kappa shape index (κ3) is 3.95. The van der Waals surface area contributed by atoms with Gasteiger partial charge >= 0.3 is 0 Å². The molecule has 4 rings (SSSR count). The van der Waals surface area contributed by atoms with Crippen LogP contribution in [0, 0.1) is 6.92 Å². The summed E-state index contributed by atoms with van der Waals surface area (Å²) < 4.78 is 11.4. The molecular formula is C21H28N4O3. The topological polar surface area (TPSA) is 71.7 Å². The minimum absolute atomic E-state index is 0.189. The SMILES string of the molecule is CCc1onc(C)c1-c1cccc([C@@H]2CN(C(=O)CN3CCCC3)CCO2)n1. The van der Waals surface area contributed by atoms with E-state index in [2.05, 4.69) is 10.1 Å².